The molecule has 0 aliphatic carbocycles. The topological polar surface area (TPSA) is 49.8 Å². The van der Waals surface area contributed by atoms with Gasteiger partial charge in [-0.3, -0.25) is 0 Å². The van der Waals surface area contributed by atoms with Gasteiger partial charge in [-0.25, -0.2) is 4.79 Å². The van der Waals surface area contributed by atoms with Crippen LogP contribution in [0.2, 0.25) is 23.2 Å². The third-order valence-corrected chi connectivity index (χ3v) is 12.8. The molecule has 1 aliphatic heterocycles. The number of hydrogen-bond donors (Lipinski definition) is 1. The largest absolute Gasteiger partial charge is 0.478 e. The van der Waals surface area contributed by atoms with Crippen LogP contribution in [0.3, 0.4) is 0 Å². The molecule has 37 heavy (non-hydrogen) atoms. The second kappa shape index (κ2) is 11.0. The van der Waals surface area contributed by atoms with Crippen molar-refractivity contribution in [3.63, 3.8) is 0 Å². The molecule has 1 atom stereocenters. The Morgan fingerprint density at radius 2 is 1.62 bits per heavy atom. The first kappa shape index (κ1) is 27.4. The number of hydrogen-bond acceptors (Lipinski definition) is 3. The number of carbonyl (C=O) groups is 1. The van der Waals surface area contributed by atoms with Crippen molar-refractivity contribution in [2.45, 2.75) is 57.8 Å². The Morgan fingerprint density at radius 3 is 2.19 bits per heavy atom. The molecule has 1 aliphatic rings. The molecule has 0 unspecified atom stereocenters. The summed E-state index contributed by atoms with van der Waals surface area (Å²) in [5.74, 6) is -0.545. The minimum absolute atomic E-state index is 0.0497. The lowest BCUT2D eigenvalue weighted by molar-refractivity contribution is 0.0697. The lowest BCUT2D eigenvalue weighted by Gasteiger charge is -2.44. The molecule has 0 aromatic heterocycles. The van der Waals surface area contributed by atoms with Gasteiger partial charge >= 0.3 is 5.97 Å². The molecule has 0 saturated carbocycles. The van der Waals surface area contributed by atoms with E-state index in [-0.39, 0.29) is 11.1 Å². The van der Waals surface area contributed by atoms with Crippen molar-refractivity contribution in [1.29, 1.82) is 0 Å². The van der Waals surface area contributed by atoms with Crippen LogP contribution < -0.4 is 4.90 Å². The maximum absolute atomic E-state index is 11.2. The minimum atomic E-state index is -2.09. The summed E-state index contributed by atoms with van der Waals surface area (Å²) >= 11 is 6.59. The van der Waals surface area contributed by atoms with Crippen LogP contribution in [0, 0.1) is 5.92 Å². The number of carboxylic acid groups (broad SMARTS) is 1. The van der Waals surface area contributed by atoms with Crippen LogP contribution in [0.15, 0.2) is 72.8 Å². The van der Waals surface area contributed by atoms with Gasteiger partial charge in [0.25, 0.3) is 0 Å². The number of carboxylic acids is 1. The highest BCUT2D eigenvalue weighted by Crippen LogP contribution is 2.46. The smallest absolute Gasteiger partial charge is 0.335 e. The summed E-state index contributed by atoms with van der Waals surface area (Å²) in [6.45, 7) is 13.3. The van der Waals surface area contributed by atoms with E-state index < -0.39 is 14.3 Å². The molecular weight excluding hydrogens is 498 g/mol. The van der Waals surface area contributed by atoms with Gasteiger partial charge in [-0.2, -0.15) is 0 Å². The predicted octanol–water partition coefficient (Wildman–Crippen LogP) is 8.68. The molecule has 4 rings (SSSR count). The van der Waals surface area contributed by atoms with Crippen LogP contribution in [-0.2, 0) is 4.43 Å². The Bertz CT molecular complexity index is 1210. The standard InChI is InChI=1S/C31H38ClNO3Si/c1-31(2,3)37(4,5)36-29(28-21-25(32)13-16-27(28)22-9-7-6-8-10-22)23-17-19-33(20-18-23)26-14-11-24(12-15-26)30(34)35/h6-16,21,23,29H,17-20H2,1-5H3,(H,34,35)/t29-/m1/s1. The van der Waals surface area contributed by atoms with E-state index in [4.69, 9.17) is 16.0 Å². The summed E-state index contributed by atoms with van der Waals surface area (Å²) in [4.78, 5) is 13.6. The maximum atomic E-state index is 11.2. The van der Waals surface area contributed by atoms with Crippen molar-refractivity contribution >= 4 is 31.6 Å². The summed E-state index contributed by atoms with van der Waals surface area (Å²) in [6, 6.07) is 23.9. The predicted molar refractivity (Wildman–Crippen MR) is 156 cm³/mol. The third kappa shape index (κ3) is 6.28. The van der Waals surface area contributed by atoms with E-state index >= 15 is 0 Å². The van der Waals surface area contributed by atoms with Crippen molar-refractivity contribution < 1.29 is 14.3 Å². The van der Waals surface area contributed by atoms with Crippen molar-refractivity contribution in [1.82, 2.24) is 0 Å². The van der Waals surface area contributed by atoms with E-state index in [2.05, 4.69) is 75.2 Å². The normalized spacial score (nSPS) is 16.0. The Hall–Kier alpha value is -2.60. The number of nitrogens with zero attached hydrogens (tertiary/aromatic N) is 1. The number of rotatable bonds is 7. The maximum Gasteiger partial charge on any atom is 0.335 e. The van der Waals surface area contributed by atoms with Gasteiger partial charge in [-0.1, -0.05) is 68.8 Å². The van der Waals surface area contributed by atoms with Crippen LogP contribution in [0.25, 0.3) is 11.1 Å². The molecule has 1 heterocycles. The third-order valence-electron chi connectivity index (χ3n) is 8.08. The van der Waals surface area contributed by atoms with Gasteiger partial charge in [0.05, 0.1) is 11.7 Å². The molecule has 0 bridgehead atoms. The first-order valence-corrected chi connectivity index (χ1v) is 16.4. The van der Waals surface area contributed by atoms with Crippen LogP contribution in [0.4, 0.5) is 5.69 Å². The molecule has 1 saturated heterocycles. The van der Waals surface area contributed by atoms with E-state index in [1.54, 1.807) is 12.1 Å². The van der Waals surface area contributed by atoms with E-state index in [1.165, 1.54) is 16.7 Å². The molecule has 196 valence electrons. The second-order valence-corrected chi connectivity index (χ2v) is 16.8. The Kier molecular flexibility index (Phi) is 8.17. The quantitative estimate of drug-likeness (QED) is 0.307. The molecule has 3 aromatic carbocycles. The number of piperidine rings is 1. The average molecular weight is 536 g/mol. The first-order chi connectivity index (χ1) is 17.5. The van der Waals surface area contributed by atoms with Gasteiger partial charge in [0.1, 0.15) is 0 Å². The monoisotopic (exact) mass is 535 g/mol. The SMILES string of the molecule is CC(C)(C)[Si](C)(C)O[C@@H](c1cc(Cl)ccc1-c1ccccc1)C1CCN(c2ccc(C(=O)O)cc2)CC1. The highest BCUT2D eigenvalue weighted by atomic mass is 35.5. The van der Waals surface area contributed by atoms with Gasteiger partial charge in [-0.05, 0) is 90.0 Å². The average Bonchev–Trinajstić information content (AvgIpc) is 2.87. The minimum Gasteiger partial charge on any atom is -0.478 e. The highest BCUT2D eigenvalue weighted by molar-refractivity contribution is 6.74. The summed E-state index contributed by atoms with van der Waals surface area (Å²) in [5, 5.41) is 10.0. The van der Waals surface area contributed by atoms with Crippen molar-refractivity contribution in [2.24, 2.45) is 5.92 Å². The summed E-state index contributed by atoms with van der Waals surface area (Å²) in [7, 11) is -2.09. The van der Waals surface area contributed by atoms with Crippen molar-refractivity contribution in [2.75, 3.05) is 18.0 Å². The zero-order chi connectivity index (χ0) is 26.8. The van der Waals surface area contributed by atoms with Gasteiger partial charge in [0, 0.05) is 23.8 Å². The summed E-state index contributed by atoms with van der Waals surface area (Å²) in [5.41, 5.74) is 4.91. The fraction of sp³-hybridized carbons (Fsp3) is 0.387. The number of anilines is 1. The van der Waals surface area contributed by atoms with E-state index in [1.807, 2.05) is 24.3 Å². The Morgan fingerprint density at radius 1 is 1.00 bits per heavy atom. The highest BCUT2D eigenvalue weighted by Gasteiger charge is 2.42. The Balaban J connectivity index is 1.66. The first-order valence-electron chi connectivity index (χ1n) is 13.1. The second-order valence-electron chi connectivity index (χ2n) is 11.6. The van der Waals surface area contributed by atoms with Crippen molar-refractivity contribution in [3.05, 3.63) is 88.9 Å². The molecule has 6 heteroatoms. The van der Waals surface area contributed by atoms with Crippen LogP contribution in [0.1, 0.15) is 55.6 Å². The van der Waals surface area contributed by atoms with E-state index in [0.717, 1.165) is 36.6 Å². The Labute approximate surface area is 227 Å². The number of benzene rings is 3. The fourth-order valence-corrected chi connectivity index (χ4v) is 6.32. The van der Waals surface area contributed by atoms with Gasteiger partial charge in [0.15, 0.2) is 8.32 Å². The lowest BCUT2D eigenvalue weighted by Crippen LogP contribution is -2.45. The molecule has 1 fully saturated rings. The lowest BCUT2D eigenvalue weighted by atomic mass is 9.84. The molecule has 0 amide bonds. The van der Waals surface area contributed by atoms with Crippen LogP contribution in [-0.4, -0.2) is 32.5 Å². The molecule has 0 radical (unpaired) electrons. The van der Waals surface area contributed by atoms with Gasteiger partial charge < -0.3 is 14.4 Å². The molecule has 4 nitrogen and oxygen atoms in total. The van der Waals surface area contributed by atoms with Gasteiger partial charge in [0.2, 0.25) is 0 Å². The van der Waals surface area contributed by atoms with E-state index in [0.29, 0.717) is 11.5 Å². The molecular formula is C31H38ClNO3Si. The van der Waals surface area contributed by atoms with Crippen LogP contribution >= 0.6 is 11.6 Å². The summed E-state index contributed by atoms with van der Waals surface area (Å²) < 4.78 is 7.22. The van der Waals surface area contributed by atoms with Gasteiger partial charge in [-0.15, -0.1) is 0 Å². The van der Waals surface area contributed by atoms with E-state index in [9.17, 15) is 9.90 Å². The zero-order valence-electron chi connectivity index (χ0n) is 22.5. The fourth-order valence-electron chi connectivity index (χ4n) is 4.83. The molecule has 1 N–H and O–H groups in total. The van der Waals surface area contributed by atoms with Crippen molar-refractivity contribution in [3.8, 4) is 11.1 Å². The summed E-state index contributed by atoms with van der Waals surface area (Å²) in [6.07, 6.45) is 1.92. The van der Waals surface area contributed by atoms with Crippen LogP contribution in [0.5, 0.6) is 0 Å². The zero-order valence-corrected chi connectivity index (χ0v) is 24.3. The molecule has 3 aromatic rings. The number of halogens is 1. The molecule has 0 spiro atoms. The number of aromatic carboxylic acids is 1.